The van der Waals surface area contributed by atoms with Crippen LogP contribution in [0.25, 0.3) is 0 Å². The largest absolute Gasteiger partial charge is 0.385 e. The molecule has 2 N–H and O–H groups in total. The molecule has 2 aromatic rings. The number of anilines is 2. The molecule has 1 aromatic carbocycles. The van der Waals surface area contributed by atoms with Crippen LogP contribution in [0, 0.1) is 6.92 Å². The standard InChI is InChI=1S/C15H20N4O/c1-4-8-16-13-6-5-12(10-11(13)2)15(20)17-14-7-9-19(3)18-14/h5-7,9-10,16H,4,8H2,1-3H3,(H,17,18,20). The number of rotatable bonds is 5. The third-order valence-corrected chi connectivity index (χ3v) is 3.01. The molecule has 0 aliphatic heterocycles. The predicted octanol–water partition coefficient (Wildman–Crippen LogP) is 2.80. The highest BCUT2D eigenvalue weighted by molar-refractivity contribution is 6.04. The van der Waals surface area contributed by atoms with Crippen LogP contribution in [-0.2, 0) is 7.05 Å². The fourth-order valence-electron chi connectivity index (χ4n) is 1.93. The van der Waals surface area contributed by atoms with E-state index in [1.165, 1.54) is 0 Å². The second-order valence-corrected chi connectivity index (χ2v) is 4.79. The Labute approximate surface area is 119 Å². The molecule has 5 nitrogen and oxygen atoms in total. The van der Waals surface area contributed by atoms with Crippen LogP contribution in [0.4, 0.5) is 11.5 Å². The summed E-state index contributed by atoms with van der Waals surface area (Å²) in [6, 6.07) is 7.42. The van der Waals surface area contributed by atoms with Gasteiger partial charge in [0.05, 0.1) is 0 Å². The van der Waals surface area contributed by atoms with Gasteiger partial charge >= 0.3 is 0 Å². The smallest absolute Gasteiger partial charge is 0.256 e. The number of hydrogen-bond donors (Lipinski definition) is 2. The van der Waals surface area contributed by atoms with Gasteiger partial charge in [0, 0.05) is 37.1 Å². The molecule has 1 amide bonds. The molecule has 0 unspecified atom stereocenters. The second-order valence-electron chi connectivity index (χ2n) is 4.79. The van der Waals surface area contributed by atoms with Gasteiger partial charge in [-0.15, -0.1) is 0 Å². The molecule has 0 atom stereocenters. The summed E-state index contributed by atoms with van der Waals surface area (Å²) in [5.41, 5.74) is 2.77. The molecule has 20 heavy (non-hydrogen) atoms. The lowest BCUT2D eigenvalue weighted by Crippen LogP contribution is -2.13. The van der Waals surface area contributed by atoms with Crippen LogP contribution in [0.3, 0.4) is 0 Å². The molecule has 0 aliphatic carbocycles. The van der Waals surface area contributed by atoms with E-state index in [0.717, 1.165) is 24.2 Å². The van der Waals surface area contributed by atoms with Crippen molar-refractivity contribution in [3.05, 3.63) is 41.6 Å². The van der Waals surface area contributed by atoms with Crippen LogP contribution in [0.15, 0.2) is 30.5 Å². The third kappa shape index (κ3) is 3.38. The van der Waals surface area contributed by atoms with E-state index in [9.17, 15) is 4.79 Å². The molecule has 106 valence electrons. The van der Waals surface area contributed by atoms with E-state index in [1.807, 2.05) is 32.2 Å². The van der Waals surface area contributed by atoms with Gasteiger partial charge in [-0.1, -0.05) is 6.92 Å². The monoisotopic (exact) mass is 272 g/mol. The summed E-state index contributed by atoms with van der Waals surface area (Å²) in [5.74, 6) is 0.414. The predicted molar refractivity (Wildman–Crippen MR) is 81.1 cm³/mol. The summed E-state index contributed by atoms with van der Waals surface area (Å²) in [5, 5.41) is 10.2. The van der Waals surface area contributed by atoms with Gasteiger partial charge < -0.3 is 10.6 Å². The molecule has 0 radical (unpaired) electrons. The van der Waals surface area contributed by atoms with Crippen molar-refractivity contribution < 1.29 is 4.79 Å². The van der Waals surface area contributed by atoms with Crippen molar-refractivity contribution in [1.29, 1.82) is 0 Å². The molecule has 0 saturated heterocycles. The van der Waals surface area contributed by atoms with Crippen molar-refractivity contribution in [2.45, 2.75) is 20.3 Å². The quantitative estimate of drug-likeness (QED) is 0.880. The van der Waals surface area contributed by atoms with Gasteiger partial charge in [-0.25, -0.2) is 0 Å². The zero-order valence-electron chi connectivity index (χ0n) is 12.1. The number of benzene rings is 1. The summed E-state index contributed by atoms with van der Waals surface area (Å²) in [6.07, 6.45) is 2.86. The van der Waals surface area contributed by atoms with Crippen molar-refractivity contribution in [3.63, 3.8) is 0 Å². The first-order valence-corrected chi connectivity index (χ1v) is 6.75. The van der Waals surface area contributed by atoms with Crippen LogP contribution in [-0.4, -0.2) is 22.2 Å². The van der Waals surface area contributed by atoms with E-state index < -0.39 is 0 Å². The SMILES string of the molecule is CCCNc1ccc(C(=O)Nc2ccn(C)n2)cc1C. The molecule has 5 heteroatoms. The molecule has 1 aromatic heterocycles. The molecule has 2 rings (SSSR count). The maximum absolute atomic E-state index is 12.1. The summed E-state index contributed by atoms with van der Waals surface area (Å²) in [4.78, 5) is 12.1. The van der Waals surface area contributed by atoms with Gasteiger partial charge in [0.25, 0.3) is 5.91 Å². The van der Waals surface area contributed by atoms with E-state index in [1.54, 1.807) is 16.9 Å². The maximum Gasteiger partial charge on any atom is 0.256 e. The van der Waals surface area contributed by atoms with Crippen LogP contribution in [0.1, 0.15) is 29.3 Å². The number of carbonyl (C=O) groups is 1. The van der Waals surface area contributed by atoms with Crippen LogP contribution in [0.5, 0.6) is 0 Å². The van der Waals surface area contributed by atoms with E-state index >= 15 is 0 Å². The molecular formula is C15H20N4O. The normalized spacial score (nSPS) is 10.3. The number of aryl methyl sites for hydroxylation is 2. The minimum atomic E-state index is -0.145. The lowest BCUT2D eigenvalue weighted by atomic mass is 10.1. The molecule has 0 fully saturated rings. The Kier molecular flexibility index (Phi) is 4.40. The fraction of sp³-hybridized carbons (Fsp3) is 0.333. The second kappa shape index (κ2) is 6.23. The summed E-state index contributed by atoms with van der Waals surface area (Å²) in [7, 11) is 1.81. The Morgan fingerprint density at radius 1 is 1.35 bits per heavy atom. The first kappa shape index (κ1) is 14.1. The topological polar surface area (TPSA) is 59.0 Å². The Morgan fingerprint density at radius 2 is 2.15 bits per heavy atom. The number of hydrogen-bond acceptors (Lipinski definition) is 3. The first-order valence-electron chi connectivity index (χ1n) is 6.75. The number of aromatic nitrogens is 2. The summed E-state index contributed by atoms with van der Waals surface area (Å²) in [6.45, 7) is 5.05. The van der Waals surface area contributed by atoms with Crippen molar-refractivity contribution >= 4 is 17.4 Å². The molecule has 1 heterocycles. The zero-order chi connectivity index (χ0) is 14.5. The highest BCUT2D eigenvalue weighted by atomic mass is 16.1. The Balaban J connectivity index is 2.08. The maximum atomic E-state index is 12.1. The average Bonchev–Trinajstić information content (AvgIpc) is 2.82. The van der Waals surface area contributed by atoms with E-state index in [0.29, 0.717) is 11.4 Å². The highest BCUT2D eigenvalue weighted by Crippen LogP contribution is 2.17. The molecule has 0 aliphatic rings. The van der Waals surface area contributed by atoms with E-state index in [4.69, 9.17) is 0 Å². The van der Waals surface area contributed by atoms with Gasteiger partial charge in [0.15, 0.2) is 5.82 Å². The Hall–Kier alpha value is -2.30. The number of carbonyl (C=O) groups excluding carboxylic acids is 1. The minimum absolute atomic E-state index is 0.145. The van der Waals surface area contributed by atoms with Crippen LogP contribution >= 0.6 is 0 Å². The van der Waals surface area contributed by atoms with Gasteiger partial charge in [-0.3, -0.25) is 9.48 Å². The van der Waals surface area contributed by atoms with Gasteiger partial charge in [-0.05, 0) is 37.1 Å². The third-order valence-electron chi connectivity index (χ3n) is 3.01. The van der Waals surface area contributed by atoms with Crippen LogP contribution in [0.2, 0.25) is 0 Å². The zero-order valence-corrected chi connectivity index (χ0v) is 12.1. The van der Waals surface area contributed by atoms with Gasteiger partial charge in [-0.2, -0.15) is 5.10 Å². The summed E-state index contributed by atoms with van der Waals surface area (Å²) < 4.78 is 1.65. The van der Waals surface area contributed by atoms with Crippen molar-refractivity contribution in [1.82, 2.24) is 9.78 Å². The number of nitrogens with one attached hydrogen (secondary N) is 2. The lowest BCUT2D eigenvalue weighted by Gasteiger charge is -2.10. The average molecular weight is 272 g/mol. The summed E-state index contributed by atoms with van der Waals surface area (Å²) >= 11 is 0. The molecular weight excluding hydrogens is 252 g/mol. The Bertz CT molecular complexity index is 604. The minimum Gasteiger partial charge on any atom is -0.385 e. The number of amides is 1. The van der Waals surface area contributed by atoms with Gasteiger partial charge in [0.1, 0.15) is 0 Å². The van der Waals surface area contributed by atoms with Crippen molar-refractivity contribution in [2.24, 2.45) is 7.05 Å². The van der Waals surface area contributed by atoms with Crippen LogP contribution < -0.4 is 10.6 Å². The first-order chi connectivity index (χ1) is 9.60. The van der Waals surface area contributed by atoms with Crippen molar-refractivity contribution in [2.75, 3.05) is 17.2 Å². The highest BCUT2D eigenvalue weighted by Gasteiger charge is 2.09. The molecule has 0 saturated carbocycles. The molecule has 0 bridgehead atoms. The Morgan fingerprint density at radius 3 is 2.75 bits per heavy atom. The van der Waals surface area contributed by atoms with Crippen molar-refractivity contribution in [3.8, 4) is 0 Å². The van der Waals surface area contributed by atoms with E-state index in [2.05, 4.69) is 22.7 Å². The van der Waals surface area contributed by atoms with Gasteiger partial charge in [0.2, 0.25) is 0 Å². The number of nitrogens with zero attached hydrogens (tertiary/aromatic N) is 2. The molecule has 0 spiro atoms. The van der Waals surface area contributed by atoms with E-state index in [-0.39, 0.29) is 5.91 Å². The lowest BCUT2D eigenvalue weighted by molar-refractivity contribution is 0.102. The fourth-order valence-corrected chi connectivity index (χ4v) is 1.93.